The van der Waals surface area contributed by atoms with Crippen LogP contribution in [-0.4, -0.2) is 12.3 Å². The number of nitrogens with zero attached hydrogens (tertiary/aromatic N) is 1. The van der Waals surface area contributed by atoms with Crippen LogP contribution in [0.15, 0.2) is 33.5 Å². The van der Waals surface area contributed by atoms with Crippen molar-refractivity contribution in [3.05, 3.63) is 34.0 Å². The zero-order valence-electron chi connectivity index (χ0n) is 7.83. The molecule has 0 amide bonds. The smallest absolute Gasteiger partial charge is 0.221 e. The van der Waals surface area contributed by atoms with E-state index in [4.69, 9.17) is 20.9 Å². The van der Waals surface area contributed by atoms with Crippen molar-refractivity contribution in [3.63, 3.8) is 0 Å². The number of ether oxygens (including phenoxy) is 1. The maximum absolute atomic E-state index is 5.98. The van der Waals surface area contributed by atoms with E-state index in [1.54, 1.807) is 7.11 Å². The molecule has 0 spiro atoms. The second-order valence-corrected chi connectivity index (χ2v) is 3.95. The highest BCUT2D eigenvalue weighted by Crippen LogP contribution is 2.33. The summed E-state index contributed by atoms with van der Waals surface area (Å²) in [6, 6.07) is 7.42. The molecule has 3 nitrogen and oxygen atoms in total. The van der Waals surface area contributed by atoms with E-state index in [9.17, 15) is 0 Å². The molecule has 0 aliphatic rings. The summed E-state index contributed by atoms with van der Waals surface area (Å²) in [7, 11) is 1.62. The molecule has 1 heterocycles. The van der Waals surface area contributed by atoms with Gasteiger partial charge in [0.05, 0.1) is 7.11 Å². The Balaban J connectivity index is 2.41. The minimum absolute atomic E-state index is 0.440. The van der Waals surface area contributed by atoms with Crippen LogP contribution < -0.4 is 4.74 Å². The fourth-order valence-electron chi connectivity index (χ4n) is 1.19. The van der Waals surface area contributed by atoms with Gasteiger partial charge < -0.3 is 9.26 Å². The standard InChI is InChI=1S/C10H7BrClNO2/c1-14-7-4-2-6(3-5-7)9-8(12)10(11)15-13-9/h2-5H,1H3. The summed E-state index contributed by atoms with van der Waals surface area (Å²) in [5.41, 5.74) is 1.50. The van der Waals surface area contributed by atoms with Crippen molar-refractivity contribution in [1.82, 2.24) is 5.16 Å². The Morgan fingerprint density at radius 3 is 2.47 bits per heavy atom. The molecule has 0 radical (unpaired) electrons. The minimum atomic E-state index is 0.440. The minimum Gasteiger partial charge on any atom is -0.497 e. The van der Waals surface area contributed by atoms with Crippen molar-refractivity contribution in [1.29, 1.82) is 0 Å². The molecule has 5 heteroatoms. The molecule has 1 aromatic heterocycles. The van der Waals surface area contributed by atoms with Crippen molar-refractivity contribution in [2.24, 2.45) is 0 Å². The lowest BCUT2D eigenvalue weighted by atomic mass is 10.1. The highest BCUT2D eigenvalue weighted by atomic mass is 79.9. The van der Waals surface area contributed by atoms with Crippen molar-refractivity contribution in [2.45, 2.75) is 0 Å². The third kappa shape index (κ3) is 2.01. The molecule has 0 saturated heterocycles. The van der Waals surface area contributed by atoms with E-state index in [1.807, 2.05) is 24.3 Å². The van der Waals surface area contributed by atoms with E-state index in [1.165, 1.54) is 0 Å². The van der Waals surface area contributed by atoms with Crippen LogP contribution in [-0.2, 0) is 0 Å². The maximum Gasteiger partial charge on any atom is 0.221 e. The molecular weight excluding hydrogens is 281 g/mol. The second kappa shape index (κ2) is 4.24. The van der Waals surface area contributed by atoms with Gasteiger partial charge >= 0.3 is 0 Å². The summed E-state index contributed by atoms with van der Waals surface area (Å²) in [4.78, 5) is 0. The van der Waals surface area contributed by atoms with Crippen molar-refractivity contribution in [3.8, 4) is 17.0 Å². The number of aromatic nitrogens is 1. The Bertz CT molecular complexity index is 467. The molecule has 0 aliphatic heterocycles. The number of hydrogen-bond donors (Lipinski definition) is 0. The third-order valence-electron chi connectivity index (χ3n) is 1.96. The largest absolute Gasteiger partial charge is 0.497 e. The van der Waals surface area contributed by atoms with Gasteiger partial charge in [-0.1, -0.05) is 16.8 Å². The highest BCUT2D eigenvalue weighted by Gasteiger charge is 2.13. The van der Waals surface area contributed by atoms with Gasteiger partial charge in [0.25, 0.3) is 0 Å². The molecule has 0 fully saturated rings. The van der Waals surface area contributed by atoms with Gasteiger partial charge in [0, 0.05) is 5.56 Å². The van der Waals surface area contributed by atoms with Crippen LogP contribution in [0.5, 0.6) is 5.75 Å². The fraction of sp³-hybridized carbons (Fsp3) is 0.100. The molecule has 0 saturated carbocycles. The molecule has 15 heavy (non-hydrogen) atoms. The number of halogens is 2. The zero-order valence-corrected chi connectivity index (χ0v) is 10.2. The Hall–Kier alpha value is -1.000. The fourth-order valence-corrected chi connectivity index (χ4v) is 1.63. The summed E-state index contributed by atoms with van der Waals surface area (Å²) in [5, 5.41) is 4.32. The molecule has 2 rings (SSSR count). The molecular formula is C10H7BrClNO2. The monoisotopic (exact) mass is 287 g/mol. The van der Waals surface area contributed by atoms with E-state index in [0.29, 0.717) is 15.4 Å². The van der Waals surface area contributed by atoms with Gasteiger partial charge in [-0.05, 0) is 40.2 Å². The van der Waals surface area contributed by atoms with Gasteiger partial charge in [-0.15, -0.1) is 0 Å². The molecule has 1 aromatic carbocycles. The quantitative estimate of drug-likeness (QED) is 0.844. The topological polar surface area (TPSA) is 35.3 Å². The number of rotatable bonds is 2. The van der Waals surface area contributed by atoms with Crippen LogP contribution in [0.2, 0.25) is 5.02 Å². The Morgan fingerprint density at radius 2 is 2.00 bits per heavy atom. The van der Waals surface area contributed by atoms with Crippen molar-refractivity contribution < 1.29 is 9.26 Å². The van der Waals surface area contributed by atoms with Gasteiger partial charge in [-0.2, -0.15) is 0 Å². The molecule has 0 atom stereocenters. The normalized spacial score (nSPS) is 10.3. The lowest BCUT2D eigenvalue weighted by Crippen LogP contribution is -1.82. The first-order chi connectivity index (χ1) is 7.22. The second-order valence-electron chi connectivity index (χ2n) is 2.85. The Kier molecular flexibility index (Phi) is 2.98. The van der Waals surface area contributed by atoms with Crippen LogP contribution in [0.25, 0.3) is 11.3 Å². The Labute approximate surface area is 100 Å². The highest BCUT2D eigenvalue weighted by molar-refractivity contribution is 9.10. The van der Waals surface area contributed by atoms with Gasteiger partial charge in [-0.3, -0.25) is 0 Å². The summed E-state index contributed by atoms with van der Waals surface area (Å²) in [6.07, 6.45) is 0. The van der Waals surface area contributed by atoms with Crippen LogP contribution in [0.4, 0.5) is 0 Å². The molecule has 78 valence electrons. The summed E-state index contributed by atoms with van der Waals surface area (Å²) in [5.74, 6) is 0.789. The average molecular weight is 289 g/mol. The molecule has 0 N–H and O–H groups in total. The van der Waals surface area contributed by atoms with Crippen molar-refractivity contribution in [2.75, 3.05) is 7.11 Å². The average Bonchev–Trinajstić information content (AvgIpc) is 2.60. The first-order valence-corrected chi connectivity index (χ1v) is 5.34. The van der Waals surface area contributed by atoms with Gasteiger partial charge in [0.2, 0.25) is 4.67 Å². The van der Waals surface area contributed by atoms with Gasteiger partial charge in [0.15, 0.2) is 0 Å². The van der Waals surface area contributed by atoms with Gasteiger partial charge in [0.1, 0.15) is 16.5 Å². The maximum atomic E-state index is 5.98. The van der Waals surface area contributed by atoms with Crippen LogP contribution >= 0.6 is 27.5 Å². The first kappa shape index (κ1) is 10.5. The lowest BCUT2D eigenvalue weighted by molar-refractivity contribution is 0.402. The zero-order chi connectivity index (χ0) is 10.8. The van der Waals surface area contributed by atoms with E-state index < -0.39 is 0 Å². The number of hydrogen-bond acceptors (Lipinski definition) is 3. The summed E-state index contributed by atoms with van der Waals surface area (Å²) in [6.45, 7) is 0. The van der Waals surface area contributed by atoms with E-state index in [0.717, 1.165) is 11.3 Å². The predicted octanol–water partition coefficient (Wildman–Crippen LogP) is 3.77. The van der Waals surface area contributed by atoms with Crippen LogP contribution in [0.3, 0.4) is 0 Å². The number of methoxy groups -OCH3 is 1. The predicted molar refractivity (Wildman–Crippen MR) is 61.2 cm³/mol. The number of benzene rings is 1. The first-order valence-electron chi connectivity index (χ1n) is 4.17. The molecule has 2 aromatic rings. The molecule has 0 unspecified atom stereocenters. The van der Waals surface area contributed by atoms with Crippen LogP contribution in [0.1, 0.15) is 0 Å². The van der Waals surface area contributed by atoms with E-state index in [-0.39, 0.29) is 0 Å². The summed E-state index contributed by atoms with van der Waals surface area (Å²) < 4.78 is 10.4. The van der Waals surface area contributed by atoms with Crippen LogP contribution in [0, 0.1) is 0 Å². The summed E-state index contributed by atoms with van der Waals surface area (Å²) >= 11 is 9.14. The van der Waals surface area contributed by atoms with Crippen molar-refractivity contribution >= 4 is 27.5 Å². The van der Waals surface area contributed by atoms with E-state index >= 15 is 0 Å². The van der Waals surface area contributed by atoms with Gasteiger partial charge in [-0.25, -0.2) is 0 Å². The molecule has 0 aliphatic carbocycles. The lowest BCUT2D eigenvalue weighted by Gasteiger charge is -2.00. The van der Waals surface area contributed by atoms with E-state index in [2.05, 4.69) is 21.1 Å². The third-order valence-corrected chi connectivity index (χ3v) is 3.08. The Morgan fingerprint density at radius 1 is 1.33 bits per heavy atom. The molecule has 0 bridgehead atoms. The SMILES string of the molecule is COc1ccc(-c2noc(Br)c2Cl)cc1.